The van der Waals surface area contributed by atoms with Crippen LogP contribution < -0.4 is 10.2 Å². The SMILES string of the molecule is CC(CNC(=O)OCC1c2ccccc2-c2ccccc21)CC(=O)N(C)c1ccccc1C(=O)O. The molecule has 2 N–H and O–H groups in total. The number of para-hydroxylation sites is 1. The van der Waals surface area contributed by atoms with Crippen LogP contribution in [0.1, 0.15) is 40.7 Å². The van der Waals surface area contributed by atoms with Crippen molar-refractivity contribution in [1.29, 1.82) is 0 Å². The average Bonchev–Trinajstić information content (AvgIpc) is 3.19. The Bertz CT molecular complexity index is 1210. The first-order valence-electron chi connectivity index (χ1n) is 11.5. The van der Waals surface area contributed by atoms with E-state index in [9.17, 15) is 19.5 Å². The molecule has 180 valence electrons. The highest BCUT2D eigenvalue weighted by atomic mass is 16.5. The summed E-state index contributed by atoms with van der Waals surface area (Å²) in [7, 11) is 1.55. The summed E-state index contributed by atoms with van der Waals surface area (Å²) in [5.41, 5.74) is 5.01. The lowest BCUT2D eigenvalue weighted by Gasteiger charge is -2.21. The second-order valence-corrected chi connectivity index (χ2v) is 8.79. The van der Waals surface area contributed by atoms with Gasteiger partial charge in [-0.2, -0.15) is 0 Å². The first-order chi connectivity index (χ1) is 16.9. The Kier molecular flexibility index (Phi) is 7.15. The second-order valence-electron chi connectivity index (χ2n) is 8.79. The second kappa shape index (κ2) is 10.4. The van der Waals surface area contributed by atoms with Crippen molar-refractivity contribution in [2.24, 2.45) is 5.92 Å². The van der Waals surface area contributed by atoms with Gasteiger partial charge in [0.15, 0.2) is 0 Å². The molecule has 3 aromatic carbocycles. The van der Waals surface area contributed by atoms with Gasteiger partial charge < -0.3 is 20.1 Å². The maximum Gasteiger partial charge on any atom is 0.407 e. The van der Waals surface area contributed by atoms with Crippen molar-refractivity contribution in [1.82, 2.24) is 5.32 Å². The zero-order chi connectivity index (χ0) is 24.9. The number of carbonyl (C=O) groups excluding carboxylic acids is 2. The number of carboxylic acid groups (broad SMARTS) is 1. The van der Waals surface area contributed by atoms with E-state index in [-0.39, 0.29) is 42.9 Å². The van der Waals surface area contributed by atoms with Crippen molar-refractivity contribution < 1.29 is 24.2 Å². The number of fused-ring (bicyclic) bond motifs is 3. The molecule has 0 heterocycles. The van der Waals surface area contributed by atoms with Crippen LogP contribution in [-0.4, -0.2) is 43.3 Å². The summed E-state index contributed by atoms with van der Waals surface area (Å²) in [6.45, 7) is 2.33. The Morgan fingerprint density at radius 3 is 2.14 bits per heavy atom. The zero-order valence-electron chi connectivity index (χ0n) is 19.7. The Labute approximate surface area is 204 Å². The maximum atomic E-state index is 12.7. The number of benzene rings is 3. The number of carboxylic acids is 1. The van der Waals surface area contributed by atoms with Crippen LogP contribution in [0.2, 0.25) is 0 Å². The van der Waals surface area contributed by atoms with Gasteiger partial charge in [-0.15, -0.1) is 0 Å². The third kappa shape index (κ3) is 5.19. The first kappa shape index (κ1) is 24.0. The highest BCUT2D eigenvalue weighted by Gasteiger charge is 2.29. The van der Waals surface area contributed by atoms with Crippen molar-refractivity contribution in [3.8, 4) is 11.1 Å². The van der Waals surface area contributed by atoms with E-state index in [1.807, 2.05) is 31.2 Å². The Morgan fingerprint density at radius 2 is 1.51 bits per heavy atom. The monoisotopic (exact) mass is 472 g/mol. The average molecular weight is 473 g/mol. The number of aromatic carboxylic acids is 1. The van der Waals surface area contributed by atoms with E-state index in [0.717, 1.165) is 22.3 Å². The number of nitrogens with zero attached hydrogens (tertiary/aromatic N) is 1. The van der Waals surface area contributed by atoms with Gasteiger partial charge in [0.1, 0.15) is 6.61 Å². The van der Waals surface area contributed by atoms with Crippen LogP contribution in [-0.2, 0) is 9.53 Å². The number of anilines is 1. The predicted octanol–water partition coefficient (Wildman–Crippen LogP) is 4.91. The molecule has 0 saturated heterocycles. The lowest BCUT2D eigenvalue weighted by molar-refractivity contribution is -0.119. The van der Waals surface area contributed by atoms with Gasteiger partial charge in [-0.3, -0.25) is 4.79 Å². The van der Waals surface area contributed by atoms with E-state index < -0.39 is 12.1 Å². The van der Waals surface area contributed by atoms with E-state index in [2.05, 4.69) is 29.6 Å². The molecular weight excluding hydrogens is 444 g/mol. The van der Waals surface area contributed by atoms with Crippen LogP contribution in [0, 0.1) is 5.92 Å². The van der Waals surface area contributed by atoms with E-state index in [0.29, 0.717) is 5.69 Å². The highest BCUT2D eigenvalue weighted by molar-refractivity contribution is 6.01. The number of hydrogen-bond donors (Lipinski definition) is 2. The van der Waals surface area contributed by atoms with Crippen LogP contribution in [0.5, 0.6) is 0 Å². The van der Waals surface area contributed by atoms with Crippen LogP contribution in [0.25, 0.3) is 11.1 Å². The van der Waals surface area contributed by atoms with E-state index >= 15 is 0 Å². The van der Waals surface area contributed by atoms with Gasteiger partial charge in [0.2, 0.25) is 5.91 Å². The molecule has 7 heteroatoms. The summed E-state index contributed by atoms with van der Waals surface area (Å²) in [6, 6.07) is 22.6. The summed E-state index contributed by atoms with van der Waals surface area (Å²) >= 11 is 0. The van der Waals surface area contributed by atoms with E-state index in [4.69, 9.17) is 4.74 Å². The van der Waals surface area contributed by atoms with E-state index in [1.165, 1.54) is 11.0 Å². The first-order valence-corrected chi connectivity index (χ1v) is 11.5. The molecule has 4 rings (SSSR count). The third-order valence-corrected chi connectivity index (χ3v) is 6.33. The molecule has 1 aliphatic carbocycles. The fourth-order valence-electron chi connectivity index (χ4n) is 4.50. The smallest absolute Gasteiger partial charge is 0.407 e. The quantitative estimate of drug-likeness (QED) is 0.486. The molecule has 1 unspecified atom stereocenters. The molecule has 35 heavy (non-hydrogen) atoms. The summed E-state index contributed by atoms with van der Waals surface area (Å²) in [5.74, 6) is -1.51. The number of amides is 2. The molecule has 0 aromatic heterocycles. The van der Waals surface area contributed by atoms with Crippen LogP contribution in [0.4, 0.5) is 10.5 Å². The molecule has 0 radical (unpaired) electrons. The third-order valence-electron chi connectivity index (χ3n) is 6.33. The fourth-order valence-corrected chi connectivity index (χ4v) is 4.50. The number of rotatable bonds is 8. The topological polar surface area (TPSA) is 95.9 Å². The Hall–Kier alpha value is -4.13. The zero-order valence-corrected chi connectivity index (χ0v) is 19.7. The van der Waals surface area contributed by atoms with Crippen LogP contribution in [0.3, 0.4) is 0 Å². The molecular formula is C28H28N2O5. The van der Waals surface area contributed by atoms with Gasteiger partial charge in [0, 0.05) is 25.9 Å². The summed E-state index contributed by atoms with van der Waals surface area (Å²) in [5, 5.41) is 12.1. The molecule has 0 saturated carbocycles. The number of hydrogen-bond acceptors (Lipinski definition) is 4. The minimum absolute atomic E-state index is 0.0184. The van der Waals surface area contributed by atoms with E-state index in [1.54, 1.807) is 25.2 Å². The summed E-state index contributed by atoms with van der Waals surface area (Å²) in [4.78, 5) is 37.9. The molecule has 1 atom stereocenters. The number of ether oxygens (including phenoxy) is 1. The van der Waals surface area contributed by atoms with Gasteiger partial charge >= 0.3 is 12.1 Å². The standard InChI is InChI=1S/C28H28N2O5/c1-18(15-26(31)30(2)25-14-8-7-13-23(25)27(32)33)16-29-28(34)35-17-24-21-11-5-3-9-19(21)20-10-4-6-12-22(20)24/h3-14,18,24H,15-17H2,1-2H3,(H,29,34)(H,32,33). The van der Waals surface area contributed by atoms with Crippen LogP contribution >= 0.6 is 0 Å². The summed E-state index contributed by atoms with van der Waals surface area (Å²) in [6.07, 6.45) is -0.385. The molecule has 0 spiro atoms. The van der Waals surface area contributed by atoms with Gasteiger partial charge in [-0.05, 0) is 40.3 Å². The van der Waals surface area contributed by atoms with Crippen molar-refractivity contribution >= 4 is 23.7 Å². The predicted molar refractivity (Wildman–Crippen MR) is 134 cm³/mol. The fraction of sp³-hybridized carbons (Fsp3) is 0.250. The summed E-state index contributed by atoms with van der Waals surface area (Å²) < 4.78 is 5.54. The van der Waals surface area contributed by atoms with Crippen molar-refractivity contribution in [2.75, 3.05) is 25.1 Å². The molecule has 3 aromatic rings. The molecule has 0 fully saturated rings. The van der Waals surface area contributed by atoms with Crippen LogP contribution in [0.15, 0.2) is 72.8 Å². The number of carbonyl (C=O) groups is 3. The molecule has 2 amide bonds. The Morgan fingerprint density at radius 1 is 0.943 bits per heavy atom. The lowest BCUT2D eigenvalue weighted by atomic mass is 9.98. The largest absolute Gasteiger partial charge is 0.478 e. The van der Waals surface area contributed by atoms with Gasteiger partial charge in [0.25, 0.3) is 0 Å². The van der Waals surface area contributed by atoms with Gasteiger partial charge in [-0.1, -0.05) is 67.6 Å². The molecule has 0 aliphatic heterocycles. The van der Waals surface area contributed by atoms with Crippen molar-refractivity contribution in [2.45, 2.75) is 19.3 Å². The number of nitrogens with one attached hydrogen (secondary N) is 1. The van der Waals surface area contributed by atoms with Gasteiger partial charge in [0.05, 0.1) is 11.3 Å². The highest BCUT2D eigenvalue weighted by Crippen LogP contribution is 2.44. The molecule has 0 bridgehead atoms. The normalized spacial score (nSPS) is 12.9. The van der Waals surface area contributed by atoms with Crippen molar-refractivity contribution in [3.05, 3.63) is 89.5 Å². The maximum absolute atomic E-state index is 12.7. The minimum atomic E-state index is -1.09. The molecule has 1 aliphatic rings. The lowest BCUT2D eigenvalue weighted by Crippen LogP contribution is -2.34. The molecule has 7 nitrogen and oxygen atoms in total. The Balaban J connectivity index is 1.29. The minimum Gasteiger partial charge on any atom is -0.478 e. The van der Waals surface area contributed by atoms with Crippen molar-refractivity contribution in [3.63, 3.8) is 0 Å². The number of alkyl carbamates (subject to hydrolysis) is 1. The van der Waals surface area contributed by atoms with Gasteiger partial charge in [-0.25, -0.2) is 9.59 Å².